The van der Waals surface area contributed by atoms with E-state index in [1.165, 1.54) is 9.26 Å². The molecule has 1 heterocycles. The minimum Gasteiger partial charge on any atom is -0.494 e. The number of nitrogens with zero attached hydrogens (tertiary/aromatic N) is 2. The Bertz CT molecular complexity index is 930. The predicted octanol–water partition coefficient (Wildman–Crippen LogP) is 6.11. The van der Waals surface area contributed by atoms with E-state index in [-0.39, 0.29) is 0 Å². The van der Waals surface area contributed by atoms with Gasteiger partial charge in [-0.2, -0.15) is 0 Å². The van der Waals surface area contributed by atoms with E-state index in [2.05, 4.69) is 76.3 Å². The van der Waals surface area contributed by atoms with E-state index in [4.69, 9.17) is 16.3 Å². The fourth-order valence-electron chi connectivity index (χ4n) is 2.81. The number of aliphatic imine (C=N–C) groups is 1. The number of methoxy groups -OCH3 is 1. The largest absolute Gasteiger partial charge is 0.494 e. The van der Waals surface area contributed by atoms with Crippen LogP contribution in [0.5, 0.6) is 5.75 Å². The second-order valence-corrected chi connectivity index (χ2v) is 7.39. The normalized spacial score (nSPS) is 11.2. The summed E-state index contributed by atoms with van der Waals surface area (Å²) in [5.74, 6) is 0.701. The monoisotopic (exact) mass is 464 g/mol. The first-order chi connectivity index (χ1) is 12.0. The summed E-state index contributed by atoms with van der Waals surface area (Å²) in [7, 11) is 1.63. The molecule has 3 nitrogen and oxygen atoms in total. The second kappa shape index (κ2) is 7.62. The Hall–Kier alpha value is -1.79. The van der Waals surface area contributed by atoms with Crippen LogP contribution in [0.3, 0.4) is 0 Å². The average Bonchev–Trinajstić information content (AvgIpc) is 2.88. The minimum absolute atomic E-state index is 0.636. The Balaban J connectivity index is 1.98. The Kier molecular flexibility index (Phi) is 5.49. The van der Waals surface area contributed by atoms with E-state index in [1.54, 1.807) is 19.2 Å². The van der Waals surface area contributed by atoms with Crippen LogP contribution in [-0.4, -0.2) is 17.9 Å². The first-order valence-electron chi connectivity index (χ1n) is 7.82. The van der Waals surface area contributed by atoms with Crippen LogP contribution >= 0.6 is 34.2 Å². The minimum atomic E-state index is 0.636. The molecule has 0 radical (unpaired) electrons. The van der Waals surface area contributed by atoms with Crippen LogP contribution in [0.15, 0.2) is 53.5 Å². The van der Waals surface area contributed by atoms with E-state index < -0.39 is 0 Å². The van der Waals surface area contributed by atoms with E-state index >= 15 is 0 Å². The van der Waals surface area contributed by atoms with Crippen molar-refractivity contribution in [2.75, 3.05) is 7.11 Å². The third kappa shape index (κ3) is 3.90. The Morgan fingerprint density at radius 3 is 2.48 bits per heavy atom. The van der Waals surface area contributed by atoms with Crippen LogP contribution in [0.2, 0.25) is 5.02 Å². The lowest BCUT2D eigenvalue weighted by molar-refractivity contribution is 0.416. The quantitative estimate of drug-likeness (QED) is 0.338. The molecule has 0 aliphatic rings. The van der Waals surface area contributed by atoms with Gasteiger partial charge in [0.2, 0.25) is 0 Å². The molecule has 0 spiro atoms. The fraction of sp³-hybridized carbons (Fsp3) is 0.150. The summed E-state index contributed by atoms with van der Waals surface area (Å²) in [5, 5.41) is 0.636. The van der Waals surface area contributed by atoms with Gasteiger partial charge in [-0.25, -0.2) is 0 Å². The molecule has 128 valence electrons. The number of aryl methyl sites for hydroxylation is 1. The molecule has 0 saturated carbocycles. The van der Waals surface area contributed by atoms with E-state index in [0.717, 1.165) is 16.9 Å². The van der Waals surface area contributed by atoms with Crippen molar-refractivity contribution in [3.05, 3.63) is 74.1 Å². The van der Waals surface area contributed by atoms with Gasteiger partial charge >= 0.3 is 0 Å². The van der Waals surface area contributed by atoms with Crippen molar-refractivity contribution in [2.45, 2.75) is 13.8 Å². The number of halogens is 2. The molecule has 5 heteroatoms. The second-order valence-electron chi connectivity index (χ2n) is 5.71. The average molecular weight is 465 g/mol. The molecular weight excluding hydrogens is 447 g/mol. The highest BCUT2D eigenvalue weighted by molar-refractivity contribution is 14.1. The van der Waals surface area contributed by atoms with E-state index in [0.29, 0.717) is 16.5 Å². The van der Waals surface area contributed by atoms with E-state index in [1.807, 2.05) is 12.3 Å². The summed E-state index contributed by atoms with van der Waals surface area (Å²) in [6.45, 7) is 4.20. The van der Waals surface area contributed by atoms with Crippen molar-refractivity contribution in [3.8, 4) is 11.4 Å². The summed E-state index contributed by atoms with van der Waals surface area (Å²) >= 11 is 8.39. The molecule has 3 aromatic rings. The Morgan fingerprint density at radius 2 is 1.80 bits per heavy atom. The number of hydrogen-bond acceptors (Lipinski definition) is 2. The summed E-state index contributed by atoms with van der Waals surface area (Å²) in [5.41, 5.74) is 5.24. The van der Waals surface area contributed by atoms with Crippen molar-refractivity contribution >= 4 is 46.1 Å². The lowest BCUT2D eigenvalue weighted by atomic mass is 10.2. The van der Waals surface area contributed by atoms with Crippen molar-refractivity contribution in [1.29, 1.82) is 0 Å². The molecule has 25 heavy (non-hydrogen) atoms. The first kappa shape index (κ1) is 18.0. The maximum absolute atomic E-state index is 6.07. The summed E-state index contributed by atoms with van der Waals surface area (Å²) in [6.07, 6.45) is 1.86. The summed E-state index contributed by atoms with van der Waals surface area (Å²) < 4.78 is 8.80. The highest BCUT2D eigenvalue weighted by Crippen LogP contribution is 2.30. The molecule has 0 unspecified atom stereocenters. The lowest BCUT2D eigenvalue weighted by Gasteiger charge is -2.09. The molecule has 2 aromatic carbocycles. The zero-order valence-electron chi connectivity index (χ0n) is 14.3. The first-order valence-corrected chi connectivity index (χ1v) is 9.28. The Morgan fingerprint density at radius 1 is 1.08 bits per heavy atom. The predicted molar refractivity (Wildman–Crippen MR) is 113 cm³/mol. The van der Waals surface area contributed by atoms with Gasteiger partial charge in [0, 0.05) is 37.4 Å². The number of rotatable bonds is 4. The third-order valence-electron chi connectivity index (χ3n) is 4.04. The maximum atomic E-state index is 6.07. The number of aromatic nitrogens is 1. The van der Waals surface area contributed by atoms with Crippen LogP contribution < -0.4 is 4.74 Å². The standard InChI is InChI=1S/C20H18ClIN2O/c1-13-10-15(12-23-19-11-16(21)4-9-20(19)25-3)14(2)24(13)18-7-5-17(22)6-8-18/h4-12H,1-3H3. The van der Waals surface area contributed by atoms with Crippen molar-refractivity contribution in [1.82, 2.24) is 4.57 Å². The third-order valence-corrected chi connectivity index (χ3v) is 4.99. The van der Waals surface area contributed by atoms with Crippen LogP contribution in [0.4, 0.5) is 5.69 Å². The van der Waals surface area contributed by atoms with Gasteiger partial charge in [-0.05, 0) is 85.0 Å². The summed E-state index contributed by atoms with van der Waals surface area (Å²) in [4.78, 5) is 4.58. The fourth-order valence-corrected chi connectivity index (χ4v) is 3.33. The molecule has 0 aliphatic heterocycles. The van der Waals surface area contributed by atoms with Crippen molar-refractivity contribution in [2.24, 2.45) is 4.99 Å². The van der Waals surface area contributed by atoms with Gasteiger partial charge < -0.3 is 9.30 Å². The molecule has 3 rings (SSSR count). The molecule has 0 N–H and O–H groups in total. The highest BCUT2D eigenvalue weighted by Gasteiger charge is 2.10. The maximum Gasteiger partial charge on any atom is 0.144 e. The van der Waals surface area contributed by atoms with Gasteiger partial charge in [0.1, 0.15) is 11.4 Å². The van der Waals surface area contributed by atoms with Gasteiger partial charge in [0.05, 0.1) is 7.11 Å². The van der Waals surface area contributed by atoms with Crippen molar-refractivity contribution < 1.29 is 4.74 Å². The zero-order chi connectivity index (χ0) is 18.0. The number of ether oxygens (including phenoxy) is 1. The van der Waals surface area contributed by atoms with Gasteiger partial charge in [0.25, 0.3) is 0 Å². The Labute approximate surface area is 166 Å². The molecule has 0 amide bonds. The molecule has 0 aliphatic carbocycles. The van der Waals surface area contributed by atoms with Gasteiger partial charge in [0.15, 0.2) is 0 Å². The molecule has 0 atom stereocenters. The molecule has 1 aromatic heterocycles. The topological polar surface area (TPSA) is 26.5 Å². The zero-order valence-corrected chi connectivity index (χ0v) is 17.2. The van der Waals surface area contributed by atoms with Crippen LogP contribution in [-0.2, 0) is 0 Å². The molecule has 0 bridgehead atoms. The van der Waals surface area contributed by atoms with Gasteiger partial charge in [-0.15, -0.1) is 0 Å². The summed E-state index contributed by atoms with van der Waals surface area (Å²) in [6, 6.07) is 16.0. The molecule has 0 saturated heterocycles. The van der Waals surface area contributed by atoms with Crippen LogP contribution in [0.1, 0.15) is 17.0 Å². The van der Waals surface area contributed by atoms with Crippen LogP contribution in [0.25, 0.3) is 5.69 Å². The number of benzene rings is 2. The van der Waals surface area contributed by atoms with Crippen molar-refractivity contribution in [3.63, 3.8) is 0 Å². The number of hydrogen-bond donors (Lipinski definition) is 0. The lowest BCUT2D eigenvalue weighted by Crippen LogP contribution is -1.99. The molecule has 0 fully saturated rings. The SMILES string of the molecule is COc1ccc(Cl)cc1N=Cc1cc(C)n(-c2ccc(I)cc2)c1C. The van der Waals surface area contributed by atoms with E-state index in [9.17, 15) is 0 Å². The molecular formula is C20H18ClIN2O. The van der Waals surface area contributed by atoms with Gasteiger partial charge in [-0.3, -0.25) is 4.99 Å². The smallest absolute Gasteiger partial charge is 0.144 e. The van der Waals surface area contributed by atoms with Crippen LogP contribution in [0, 0.1) is 17.4 Å². The van der Waals surface area contributed by atoms with Gasteiger partial charge in [-0.1, -0.05) is 11.6 Å². The highest BCUT2D eigenvalue weighted by atomic mass is 127.